The zero-order chi connectivity index (χ0) is 15.5. The van der Waals surface area contributed by atoms with Gasteiger partial charge in [0, 0.05) is 18.8 Å². The predicted octanol–water partition coefficient (Wildman–Crippen LogP) is 5.80. The lowest BCUT2D eigenvalue weighted by Crippen LogP contribution is -2.26. The van der Waals surface area contributed by atoms with E-state index in [-0.39, 0.29) is 18.2 Å². The molecule has 1 aromatic carbocycles. The third kappa shape index (κ3) is 7.88. The van der Waals surface area contributed by atoms with Gasteiger partial charge in [0.25, 0.3) is 0 Å². The average Bonchev–Trinajstić information content (AvgIpc) is 2.46. The number of hydrogen-bond acceptors (Lipinski definition) is 2. The monoisotopic (exact) mass is 330 g/mol. The van der Waals surface area contributed by atoms with Crippen LogP contribution in [0, 0.1) is 5.82 Å². The van der Waals surface area contributed by atoms with Gasteiger partial charge in [0.1, 0.15) is 5.82 Å². The first-order chi connectivity index (χ1) is 10.2. The Labute approximate surface area is 141 Å². The van der Waals surface area contributed by atoms with Crippen molar-refractivity contribution in [1.82, 2.24) is 0 Å². The number of rotatable bonds is 11. The first kappa shape index (κ1) is 21.0. The molecular weight excluding hydrogens is 299 g/mol. The molecule has 4 heteroatoms. The predicted molar refractivity (Wildman–Crippen MR) is 98.6 cm³/mol. The molecule has 0 saturated carbocycles. The van der Waals surface area contributed by atoms with Crippen molar-refractivity contribution in [3.05, 3.63) is 24.0 Å². The first-order valence-electron chi connectivity index (χ1n) is 8.49. The normalized spacial score (nSPS) is 10.3. The van der Waals surface area contributed by atoms with Crippen molar-refractivity contribution < 1.29 is 4.39 Å². The van der Waals surface area contributed by atoms with E-state index in [0.29, 0.717) is 11.4 Å². The Balaban J connectivity index is 0.00000441. The lowest BCUT2D eigenvalue weighted by Gasteiger charge is -2.25. The van der Waals surface area contributed by atoms with E-state index in [1.54, 1.807) is 6.07 Å². The molecule has 2 nitrogen and oxygen atoms in total. The largest absolute Gasteiger partial charge is 0.399 e. The van der Waals surface area contributed by atoms with Gasteiger partial charge in [0.05, 0.1) is 5.69 Å². The fourth-order valence-corrected chi connectivity index (χ4v) is 2.59. The molecule has 0 saturated heterocycles. The van der Waals surface area contributed by atoms with Crippen LogP contribution >= 0.6 is 12.4 Å². The summed E-state index contributed by atoms with van der Waals surface area (Å²) in [5.41, 5.74) is 6.85. The van der Waals surface area contributed by atoms with Gasteiger partial charge in [0.2, 0.25) is 0 Å². The molecule has 0 amide bonds. The molecule has 0 aliphatic carbocycles. The van der Waals surface area contributed by atoms with Gasteiger partial charge in [-0.25, -0.2) is 4.39 Å². The summed E-state index contributed by atoms with van der Waals surface area (Å²) >= 11 is 0. The van der Waals surface area contributed by atoms with Crippen LogP contribution in [-0.2, 0) is 0 Å². The van der Waals surface area contributed by atoms with Crippen molar-refractivity contribution in [3.8, 4) is 0 Å². The van der Waals surface area contributed by atoms with Gasteiger partial charge in [0.15, 0.2) is 0 Å². The zero-order valence-electron chi connectivity index (χ0n) is 14.1. The van der Waals surface area contributed by atoms with Crippen LogP contribution in [0.5, 0.6) is 0 Å². The minimum atomic E-state index is -0.194. The van der Waals surface area contributed by atoms with Crippen molar-refractivity contribution in [1.29, 1.82) is 0 Å². The summed E-state index contributed by atoms with van der Waals surface area (Å²) in [4.78, 5) is 2.19. The van der Waals surface area contributed by atoms with Gasteiger partial charge in [-0.05, 0) is 31.0 Å². The van der Waals surface area contributed by atoms with Gasteiger partial charge in [-0.15, -0.1) is 12.4 Å². The minimum absolute atomic E-state index is 0. The van der Waals surface area contributed by atoms with E-state index in [1.165, 1.54) is 44.6 Å². The number of nitrogens with zero attached hydrogens (tertiary/aromatic N) is 1. The average molecular weight is 331 g/mol. The number of anilines is 2. The van der Waals surface area contributed by atoms with E-state index >= 15 is 0 Å². The summed E-state index contributed by atoms with van der Waals surface area (Å²) < 4.78 is 14.1. The quantitative estimate of drug-likeness (QED) is 0.410. The Morgan fingerprint density at radius 2 is 1.45 bits per heavy atom. The van der Waals surface area contributed by atoms with E-state index in [1.807, 2.05) is 6.07 Å². The molecule has 128 valence electrons. The summed E-state index contributed by atoms with van der Waals surface area (Å²) in [7, 11) is 0. The number of nitrogen functional groups attached to an aromatic ring is 1. The van der Waals surface area contributed by atoms with Gasteiger partial charge in [-0.1, -0.05) is 52.4 Å². The zero-order valence-corrected chi connectivity index (χ0v) is 14.9. The van der Waals surface area contributed by atoms with Crippen LogP contribution in [0.2, 0.25) is 0 Å². The van der Waals surface area contributed by atoms with Crippen LogP contribution in [0.25, 0.3) is 0 Å². The van der Waals surface area contributed by atoms with Gasteiger partial charge >= 0.3 is 0 Å². The fourth-order valence-electron chi connectivity index (χ4n) is 2.59. The molecule has 0 unspecified atom stereocenters. The van der Waals surface area contributed by atoms with Gasteiger partial charge in [-0.2, -0.15) is 0 Å². The smallest absolute Gasteiger partial charge is 0.148 e. The second-order valence-corrected chi connectivity index (χ2v) is 5.82. The molecule has 0 bridgehead atoms. The Morgan fingerprint density at radius 3 is 1.91 bits per heavy atom. The van der Waals surface area contributed by atoms with Crippen LogP contribution in [0.1, 0.15) is 65.2 Å². The number of nitrogens with two attached hydrogens (primary N) is 1. The second kappa shape index (κ2) is 12.6. The van der Waals surface area contributed by atoms with E-state index in [4.69, 9.17) is 5.73 Å². The van der Waals surface area contributed by atoms with Crippen LogP contribution < -0.4 is 10.6 Å². The van der Waals surface area contributed by atoms with Crippen molar-refractivity contribution in [2.45, 2.75) is 65.2 Å². The van der Waals surface area contributed by atoms with Crippen molar-refractivity contribution in [3.63, 3.8) is 0 Å². The van der Waals surface area contributed by atoms with E-state index < -0.39 is 0 Å². The third-order valence-corrected chi connectivity index (χ3v) is 3.88. The molecule has 0 aliphatic rings. The molecule has 0 fully saturated rings. The Morgan fingerprint density at radius 1 is 0.909 bits per heavy atom. The summed E-state index contributed by atoms with van der Waals surface area (Å²) in [5.74, 6) is -0.194. The van der Waals surface area contributed by atoms with Crippen molar-refractivity contribution >= 4 is 23.8 Å². The topological polar surface area (TPSA) is 29.3 Å². The number of hydrogen-bond donors (Lipinski definition) is 1. The number of benzene rings is 1. The molecule has 0 radical (unpaired) electrons. The molecule has 2 N–H and O–H groups in total. The van der Waals surface area contributed by atoms with Crippen molar-refractivity contribution in [2.75, 3.05) is 23.7 Å². The maximum atomic E-state index is 14.1. The Hall–Kier alpha value is -0.960. The summed E-state index contributed by atoms with van der Waals surface area (Å²) in [6.45, 7) is 6.30. The highest BCUT2D eigenvalue weighted by Gasteiger charge is 2.11. The molecule has 0 atom stereocenters. The molecule has 0 spiro atoms. The van der Waals surface area contributed by atoms with Crippen LogP contribution in [-0.4, -0.2) is 13.1 Å². The maximum Gasteiger partial charge on any atom is 0.148 e. The summed E-state index contributed by atoms with van der Waals surface area (Å²) in [6.07, 6.45) is 9.68. The molecule has 0 heterocycles. The Bertz CT molecular complexity index is 387. The van der Waals surface area contributed by atoms with E-state index in [0.717, 1.165) is 25.9 Å². The van der Waals surface area contributed by atoms with Crippen LogP contribution in [0.3, 0.4) is 0 Å². The molecule has 1 aromatic rings. The molecule has 0 aromatic heterocycles. The van der Waals surface area contributed by atoms with Gasteiger partial charge < -0.3 is 10.6 Å². The van der Waals surface area contributed by atoms with Crippen molar-refractivity contribution in [2.24, 2.45) is 0 Å². The Kier molecular flexibility index (Phi) is 12.0. The molecule has 1 rings (SSSR count). The summed E-state index contributed by atoms with van der Waals surface area (Å²) in [5, 5.41) is 0. The maximum absolute atomic E-state index is 14.1. The fraction of sp³-hybridized carbons (Fsp3) is 0.667. The standard InChI is InChI=1S/C18H31FN2.ClH/c1-3-5-7-9-13-21(14-10-8-6-4-2)18-12-11-16(20)15-17(18)19;/h11-12,15H,3-10,13-14,20H2,1-2H3;1H. The van der Waals surface area contributed by atoms with E-state index in [9.17, 15) is 4.39 Å². The third-order valence-electron chi connectivity index (χ3n) is 3.88. The lowest BCUT2D eigenvalue weighted by atomic mass is 10.1. The summed E-state index contributed by atoms with van der Waals surface area (Å²) in [6, 6.07) is 5.05. The van der Waals surface area contributed by atoms with E-state index in [2.05, 4.69) is 18.7 Å². The molecule has 0 aliphatic heterocycles. The highest BCUT2D eigenvalue weighted by atomic mass is 35.5. The molecular formula is C18H32ClFN2. The van der Waals surface area contributed by atoms with Crippen LogP contribution in [0.4, 0.5) is 15.8 Å². The van der Waals surface area contributed by atoms with Crippen LogP contribution in [0.15, 0.2) is 18.2 Å². The number of halogens is 2. The number of unbranched alkanes of at least 4 members (excludes halogenated alkanes) is 6. The second-order valence-electron chi connectivity index (χ2n) is 5.82. The minimum Gasteiger partial charge on any atom is -0.399 e. The molecule has 22 heavy (non-hydrogen) atoms. The first-order valence-corrected chi connectivity index (χ1v) is 8.49. The highest BCUT2D eigenvalue weighted by molar-refractivity contribution is 5.85. The highest BCUT2D eigenvalue weighted by Crippen LogP contribution is 2.23. The lowest BCUT2D eigenvalue weighted by molar-refractivity contribution is 0.584. The van der Waals surface area contributed by atoms with Gasteiger partial charge in [-0.3, -0.25) is 0 Å². The SMILES string of the molecule is CCCCCCN(CCCCCC)c1ccc(N)cc1F.Cl.